The predicted octanol–water partition coefficient (Wildman–Crippen LogP) is 2.07. The predicted molar refractivity (Wildman–Crippen MR) is 100 cm³/mol. The van der Waals surface area contributed by atoms with E-state index in [0.29, 0.717) is 12.5 Å². The number of amides is 1. The van der Waals surface area contributed by atoms with Crippen LogP contribution in [0.25, 0.3) is 0 Å². The fourth-order valence-corrected chi connectivity index (χ4v) is 3.71. The number of aromatic nitrogens is 4. The van der Waals surface area contributed by atoms with E-state index in [0.717, 1.165) is 37.3 Å². The van der Waals surface area contributed by atoms with E-state index in [2.05, 4.69) is 58.5 Å². The third-order valence-electron chi connectivity index (χ3n) is 5.17. The molecule has 2 heterocycles. The number of aryl methyl sites for hydroxylation is 1. The highest BCUT2D eigenvalue weighted by molar-refractivity contribution is 5.74. The summed E-state index contributed by atoms with van der Waals surface area (Å²) in [5.41, 5.74) is 4.08. The number of carbonyl (C=O) groups excluding carboxylic acids is 1. The highest BCUT2D eigenvalue weighted by Crippen LogP contribution is 2.32. The summed E-state index contributed by atoms with van der Waals surface area (Å²) in [6.07, 6.45) is 4.10. The molecule has 2 aromatic rings. The maximum Gasteiger partial charge on any atom is 0.243 e. The highest BCUT2D eigenvalue weighted by Gasteiger charge is 2.26. The zero-order chi connectivity index (χ0) is 19.2. The highest BCUT2D eigenvalue weighted by atomic mass is 16.5. The van der Waals surface area contributed by atoms with Crippen LogP contribution in [0.3, 0.4) is 0 Å². The number of hydroxylamine groups is 1. The molecule has 0 saturated carbocycles. The van der Waals surface area contributed by atoms with Crippen LogP contribution in [-0.4, -0.2) is 49.3 Å². The summed E-state index contributed by atoms with van der Waals surface area (Å²) < 4.78 is 1.89. The summed E-state index contributed by atoms with van der Waals surface area (Å²) in [6.45, 7) is 6.21. The average molecular weight is 372 g/mol. The lowest BCUT2D eigenvalue weighted by atomic mass is 10.0. The van der Waals surface area contributed by atoms with Crippen LogP contribution >= 0.6 is 0 Å². The Bertz CT molecular complexity index is 743. The van der Waals surface area contributed by atoms with Gasteiger partial charge in [-0.3, -0.25) is 14.9 Å². The molecule has 0 spiro atoms. The van der Waals surface area contributed by atoms with Crippen molar-refractivity contribution in [2.45, 2.75) is 58.0 Å². The molecule has 2 N–H and O–H groups in total. The van der Waals surface area contributed by atoms with Gasteiger partial charge >= 0.3 is 0 Å². The molecule has 1 fully saturated rings. The molecule has 8 nitrogen and oxygen atoms in total. The molecule has 1 aliphatic heterocycles. The number of likely N-dealkylation sites (tertiary alicyclic amines) is 1. The van der Waals surface area contributed by atoms with E-state index in [9.17, 15) is 4.79 Å². The molecule has 0 bridgehead atoms. The average Bonchev–Trinajstić information content (AvgIpc) is 3.33. The van der Waals surface area contributed by atoms with Crippen molar-refractivity contribution in [1.29, 1.82) is 0 Å². The number of carbonyl (C=O) groups is 1. The van der Waals surface area contributed by atoms with E-state index in [-0.39, 0.29) is 18.4 Å². The van der Waals surface area contributed by atoms with Crippen molar-refractivity contribution in [3.05, 3.63) is 41.2 Å². The van der Waals surface area contributed by atoms with Crippen LogP contribution < -0.4 is 5.48 Å². The number of rotatable bonds is 8. The Morgan fingerprint density at radius 2 is 2.07 bits per heavy atom. The Morgan fingerprint density at radius 1 is 1.30 bits per heavy atom. The second-order valence-electron chi connectivity index (χ2n) is 7.35. The quantitative estimate of drug-likeness (QED) is 0.544. The number of benzene rings is 1. The third kappa shape index (κ3) is 4.90. The third-order valence-corrected chi connectivity index (χ3v) is 5.17. The van der Waals surface area contributed by atoms with Crippen LogP contribution in [0, 0.1) is 0 Å². The summed E-state index contributed by atoms with van der Waals surface area (Å²) in [4.78, 5) is 13.7. The molecule has 8 heteroatoms. The monoisotopic (exact) mass is 372 g/mol. The topological polar surface area (TPSA) is 96.2 Å². The van der Waals surface area contributed by atoms with Crippen LogP contribution in [-0.2, 0) is 17.6 Å². The van der Waals surface area contributed by atoms with E-state index >= 15 is 0 Å². The van der Waals surface area contributed by atoms with E-state index in [4.69, 9.17) is 5.21 Å². The molecule has 146 valence electrons. The first-order valence-corrected chi connectivity index (χ1v) is 9.61. The van der Waals surface area contributed by atoms with Gasteiger partial charge in [-0.25, -0.2) is 10.2 Å². The van der Waals surface area contributed by atoms with Crippen molar-refractivity contribution in [3.8, 4) is 0 Å². The fraction of sp³-hybridized carbons (Fsp3) is 0.579. The van der Waals surface area contributed by atoms with Crippen molar-refractivity contribution >= 4 is 5.91 Å². The molecule has 1 unspecified atom stereocenters. The van der Waals surface area contributed by atoms with Gasteiger partial charge in [0.2, 0.25) is 5.91 Å². The maximum atomic E-state index is 11.2. The lowest BCUT2D eigenvalue weighted by molar-refractivity contribution is -0.129. The maximum absolute atomic E-state index is 11.2. The Morgan fingerprint density at radius 3 is 2.78 bits per heavy atom. The second-order valence-corrected chi connectivity index (χ2v) is 7.35. The van der Waals surface area contributed by atoms with Gasteiger partial charge in [0.05, 0.1) is 6.04 Å². The van der Waals surface area contributed by atoms with E-state index in [1.165, 1.54) is 12.0 Å². The number of nitrogens with one attached hydrogen (secondary N) is 1. The summed E-state index contributed by atoms with van der Waals surface area (Å²) in [7, 11) is 0. The molecule has 1 aromatic heterocycles. The smallest absolute Gasteiger partial charge is 0.243 e. The minimum Gasteiger partial charge on any atom is -0.296 e. The van der Waals surface area contributed by atoms with Crippen molar-refractivity contribution in [2.75, 3.05) is 13.1 Å². The van der Waals surface area contributed by atoms with Crippen LogP contribution in [0.2, 0.25) is 0 Å². The van der Waals surface area contributed by atoms with Gasteiger partial charge in [0, 0.05) is 25.4 Å². The number of hydrogen-bond acceptors (Lipinski definition) is 6. The van der Waals surface area contributed by atoms with Gasteiger partial charge in [0.15, 0.2) is 5.82 Å². The summed E-state index contributed by atoms with van der Waals surface area (Å²) >= 11 is 0. The molecule has 0 radical (unpaired) electrons. The van der Waals surface area contributed by atoms with E-state index in [1.54, 1.807) is 5.48 Å². The molecule has 27 heavy (non-hydrogen) atoms. The van der Waals surface area contributed by atoms with Gasteiger partial charge in [-0.2, -0.15) is 0 Å². The van der Waals surface area contributed by atoms with Crippen molar-refractivity contribution in [3.63, 3.8) is 0 Å². The second kappa shape index (κ2) is 9.05. The standard InChI is InChI=1S/C19H28N6O2/c1-14(2)25-18(20-22-23-25)11-13-24-12-3-4-17(24)16-8-5-15(6-9-16)7-10-19(26)21-27/h5-6,8-9,14,17,27H,3-4,7,10-13H2,1-2H3,(H,21,26). The van der Waals surface area contributed by atoms with Crippen molar-refractivity contribution < 1.29 is 10.0 Å². The summed E-state index contributed by atoms with van der Waals surface area (Å²) in [5, 5.41) is 20.6. The Hall–Kier alpha value is -2.32. The van der Waals surface area contributed by atoms with Gasteiger partial charge in [-0.15, -0.1) is 5.10 Å². The number of tetrazole rings is 1. The Balaban J connectivity index is 1.59. The van der Waals surface area contributed by atoms with E-state index in [1.807, 2.05) is 4.68 Å². The first-order chi connectivity index (χ1) is 13.1. The Labute approximate surface area is 159 Å². The largest absolute Gasteiger partial charge is 0.296 e. The fourth-order valence-electron chi connectivity index (χ4n) is 3.71. The Kier molecular flexibility index (Phi) is 6.52. The molecule has 1 amide bonds. The lowest BCUT2D eigenvalue weighted by Gasteiger charge is -2.25. The van der Waals surface area contributed by atoms with E-state index < -0.39 is 0 Å². The van der Waals surface area contributed by atoms with Gasteiger partial charge in [-0.1, -0.05) is 24.3 Å². The van der Waals surface area contributed by atoms with Crippen LogP contribution in [0.1, 0.15) is 62.1 Å². The molecular weight excluding hydrogens is 344 g/mol. The first-order valence-electron chi connectivity index (χ1n) is 9.61. The van der Waals surface area contributed by atoms with Gasteiger partial charge in [-0.05, 0) is 61.2 Å². The van der Waals surface area contributed by atoms with Gasteiger partial charge < -0.3 is 0 Å². The van der Waals surface area contributed by atoms with Crippen molar-refractivity contribution in [2.24, 2.45) is 0 Å². The minimum atomic E-state index is -0.357. The van der Waals surface area contributed by atoms with Crippen LogP contribution in [0.15, 0.2) is 24.3 Å². The number of nitrogens with zero attached hydrogens (tertiary/aromatic N) is 5. The van der Waals surface area contributed by atoms with Crippen LogP contribution in [0.4, 0.5) is 0 Å². The molecule has 0 aliphatic carbocycles. The summed E-state index contributed by atoms with van der Waals surface area (Å²) in [5.74, 6) is 0.581. The molecule has 3 rings (SSSR count). The molecular formula is C19H28N6O2. The zero-order valence-electron chi connectivity index (χ0n) is 16.0. The van der Waals surface area contributed by atoms with Gasteiger partial charge in [0.25, 0.3) is 0 Å². The molecule has 1 aliphatic rings. The van der Waals surface area contributed by atoms with Gasteiger partial charge in [0.1, 0.15) is 0 Å². The molecule has 1 atom stereocenters. The molecule has 1 saturated heterocycles. The van der Waals surface area contributed by atoms with Crippen LogP contribution in [0.5, 0.6) is 0 Å². The first kappa shape index (κ1) is 19.4. The number of hydrogen-bond donors (Lipinski definition) is 2. The minimum absolute atomic E-state index is 0.268. The summed E-state index contributed by atoms with van der Waals surface area (Å²) in [6, 6.07) is 9.17. The normalized spacial score (nSPS) is 17.6. The SMILES string of the molecule is CC(C)n1nnnc1CCN1CCCC1c1ccc(CCC(=O)NO)cc1. The van der Waals surface area contributed by atoms with Crippen molar-refractivity contribution in [1.82, 2.24) is 30.6 Å². The lowest BCUT2D eigenvalue weighted by Crippen LogP contribution is -2.27. The molecule has 1 aromatic carbocycles. The zero-order valence-corrected chi connectivity index (χ0v) is 16.0.